The van der Waals surface area contributed by atoms with E-state index >= 15 is 0 Å². The van der Waals surface area contributed by atoms with Crippen LogP contribution in [0, 0.1) is 5.92 Å². The molecule has 1 rings (SSSR count). The van der Waals surface area contributed by atoms with Crippen molar-refractivity contribution in [2.75, 3.05) is 13.2 Å². The van der Waals surface area contributed by atoms with E-state index in [1.807, 2.05) is 13.8 Å². The van der Waals surface area contributed by atoms with Crippen LogP contribution >= 0.6 is 0 Å². The molecule has 0 saturated carbocycles. The maximum absolute atomic E-state index is 10.9. The van der Waals surface area contributed by atoms with E-state index in [1.54, 1.807) is 0 Å². The van der Waals surface area contributed by atoms with Crippen molar-refractivity contribution in [1.82, 2.24) is 4.90 Å². The predicted octanol–water partition coefficient (Wildman–Crippen LogP) is 1.54. The second kappa shape index (κ2) is 4.17. The summed E-state index contributed by atoms with van der Waals surface area (Å²) < 4.78 is 0. The van der Waals surface area contributed by atoms with Crippen LogP contribution in [0.2, 0.25) is 0 Å². The number of hydrogen-bond acceptors (Lipinski definition) is 2. The highest BCUT2D eigenvalue weighted by Crippen LogP contribution is 2.34. The normalized spacial score (nSPS) is 25.4. The number of amides is 1. The van der Waals surface area contributed by atoms with Crippen molar-refractivity contribution in [3.63, 3.8) is 0 Å². The van der Waals surface area contributed by atoms with E-state index in [1.165, 1.54) is 4.90 Å². The third-order valence-corrected chi connectivity index (χ3v) is 2.96. The summed E-state index contributed by atoms with van der Waals surface area (Å²) in [4.78, 5) is 12.4. The monoisotopic (exact) mass is 201 g/mol. The molecule has 1 aliphatic heterocycles. The van der Waals surface area contributed by atoms with Gasteiger partial charge in [-0.1, -0.05) is 0 Å². The van der Waals surface area contributed by atoms with Crippen LogP contribution in [0.25, 0.3) is 0 Å². The first-order valence-electron chi connectivity index (χ1n) is 5.09. The summed E-state index contributed by atoms with van der Waals surface area (Å²) in [6.45, 7) is 4.73. The van der Waals surface area contributed by atoms with Gasteiger partial charge in [-0.25, -0.2) is 4.79 Å². The Hall–Kier alpha value is -0.770. The number of aliphatic hydroxyl groups excluding tert-OH is 1. The summed E-state index contributed by atoms with van der Waals surface area (Å²) in [5.74, 6) is 0.410. The van der Waals surface area contributed by atoms with Crippen molar-refractivity contribution >= 4 is 6.09 Å². The van der Waals surface area contributed by atoms with E-state index in [-0.39, 0.29) is 12.1 Å². The first-order valence-corrected chi connectivity index (χ1v) is 5.09. The molecular weight excluding hydrogens is 182 g/mol. The Balaban J connectivity index is 2.53. The molecule has 0 spiro atoms. The van der Waals surface area contributed by atoms with Gasteiger partial charge in [0.25, 0.3) is 0 Å². The van der Waals surface area contributed by atoms with Gasteiger partial charge in [-0.05, 0) is 39.0 Å². The van der Waals surface area contributed by atoms with Crippen molar-refractivity contribution < 1.29 is 15.0 Å². The summed E-state index contributed by atoms with van der Waals surface area (Å²) in [6.07, 6.45) is 1.76. The lowest BCUT2D eigenvalue weighted by molar-refractivity contribution is 0.117. The molecular formula is C10H19NO3. The quantitative estimate of drug-likeness (QED) is 0.728. The van der Waals surface area contributed by atoms with Crippen molar-refractivity contribution in [3.05, 3.63) is 0 Å². The van der Waals surface area contributed by atoms with Crippen LogP contribution in [0.4, 0.5) is 4.79 Å². The summed E-state index contributed by atoms with van der Waals surface area (Å²) in [5.41, 5.74) is -0.244. The molecule has 14 heavy (non-hydrogen) atoms. The van der Waals surface area contributed by atoms with Gasteiger partial charge < -0.3 is 15.1 Å². The number of likely N-dealkylation sites (tertiary alicyclic amines) is 1. The Morgan fingerprint density at radius 1 is 1.57 bits per heavy atom. The highest BCUT2D eigenvalue weighted by molar-refractivity contribution is 5.66. The number of rotatable bonds is 3. The summed E-state index contributed by atoms with van der Waals surface area (Å²) in [6, 6.07) is 0. The molecule has 1 atom stereocenters. The van der Waals surface area contributed by atoms with Gasteiger partial charge in [0, 0.05) is 18.7 Å². The molecule has 0 radical (unpaired) electrons. The van der Waals surface area contributed by atoms with Crippen molar-refractivity contribution in [1.29, 1.82) is 0 Å². The van der Waals surface area contributed by atoms with Crippen LogP contribution in [-0.4, -0.2) is 39.9 Å². The molecule has 0 aromatic carbocycles. The number of aliphatic hydroxyl groups is 1. The minimum atomic E-state index is -0.832. The van der Waals surface area contributed by atoms with Gasteiger partial charge in [-0.2, -0.15) is 0 Å². The first kappa shape index (κ1) is 11.3. The molecule has 1 saturated heterocycles. The standard InChI is InChI=1S/C10H19NO3/c1-10(2)6-8(4-3-5-12)7-11(10)9(13)14/h8,12H,3-7H2,1-2H3,(H,13,14). The average molecular weight is 201 g/mol. The van der Waals surface area contributed by atoms with Crippen molar-refractivity contribution in [2.45, 2.75) is 38.6 Å². The van der Waals surface area contributed by atoms with Gasteiger partial charge in [0.1, 0.15) is 0 Å². The molecule has 0 aromatic rings. The van der Waals surface area contributed by atoms with Gasteiger partial charge in [0.2, 0.25) is 0 Å². The zero-order valence-corrected chi connectivity index (χ0v) is 8.86. The van der Waals surface area contributed by atoms with Gasteiger partial charge in [-0.3, -0.25) is 0 Å². The molecule has 0 aromatic heterocycles. The molecule has 1 amide bonds. The Kier molecular flexibility index (Phi) is 3.37. The van der Waals surface area contributed by atoms with E-state index in [2.05, 4.69) is 0 Å². The fourth-order valence-corrected chi connectivity index (χ4v) is 2.30. The van der Waals surface area contributed by atoms with Crippen LogP contribution < -0.4 is 0 Å². The Labute approximate surface area is 84.5 Å². The van der Waals surface area contributed by atoms with Crippen LogP contribution in [0.15, 0.2) is 0 Å². The number of nitrogens with zero attached hydrogens (tertiary/aromatic N) is 1. The SMILES string of the molecule is CC1(C)CC(CCCO)CN1C(=O)O. The highest BCUT2D eigenvalue weighted by atomic mass is 16.4. The zero-order chi connectivity index (χ0) is 10.8. The van der Waals surface area contributed by atoms with Crippen LogP contribution in [-0.2, 0) is 0 Å². The molecule has 4 nitrogen and oxygen atoms in total. The van der Waals surface area contributed by atoms with E-state index < -0.39 is 6.09 Å². The summed E-state index contributed by atoms with van der Waals surface area (Å²) in [7, 11) is 0. The summed E-state index contributed by atoms with van der Waals surface area (Å²) >= 11 is 0. The van der Waals surface area contributed by atoms with E-state index in [4.69, 9.17) is 10.2 Å². The van der Waals surface area contributed by atoms with Crippen LogP contribution in [0.5, 0.6) is 0 Å². The fourth-order valence-electron chi connectivity index (χ4n) is 2.30. The van der Waals surface area contributed by atoms with E-state index in [0.29, 0.717) is 12.5 Å². The van der Waals surface area contributed by atoms with Gasteiger partial charge in [-0.15, -0.1) is 0 Å². The Morgan fingerprint density at radius 2 is 2.21 bits per heavy atom. The number of carbonyl (C=O) groups is 1. The van der Waals surface area contributed by atoms with Gasteiger partial charge in [0.05, 0.1) is 0 Å². The van der Waals surface area contributed by atoms with Crippen molar-refractivity contribution in [3.8, 4) is 0 Å². The topological polar surface area (TPSA) is 60.8 Å². The van der Waals surface area contributed by atoms with Crippen LogP contribution in [0.3, 0.4) is 0 Å². The second-order valence-electron chi connectivity index (χ2n) is 4.64. The second-order valence-corrected chi connectivity index (χ2v) is 4.64. The lowest BCUT2D eigenvalue weighted by Crippen LogP contribution is -2.41. The smallest absolute Gasteiger partial charge is 0.407 e. The van der Waals surface area contributed by atoms with Crippen molar-refractivity contribution in [2.24, 2.45) is 5.92 Å². The molecule has 1 aliphatic rings. The molecule has 0 aliphatic carbocycles. The zero-order valence-electron chi connectivity index (χ0n) is 8.86. The fraction of sp³-hybridized carbons (Fsp3) is 0.900. The van der Waals surface area contributed by atoms with Gasteiger partial charge >= 0.3 is 6.09 Å². The molecule has 82 valence electrons. The summed E-state index contributed by atoms with van der Waals surface area (Å²) in [5, 5.41) is 17.7. The molecule has 1 heterocycles. The number of hydrogen-bond donors (Lipinski definition) is 2. The molecule has 1 unspecified atom stereocenters. The molecule has 0 bridgehead atoms. The molecule has 1 fully saturated rings. The lowest BCUT2D eigenvalue weighted by atomic mass is 9.93. The minimum absolute atomic E-state index is 0.198. The molecule has 4 heteroatoms. The van der Waals surface area contributed by atoms with E-state index in [0.717, 1.165) is 19.3 Å². The molecule has 2 N–H and O–H groups in total. The Morgan fingerprint density at radius 3 is 2.64 bits per heavy atom. The minimum Gasteiger partial charge on any atom is -0.465 e. The van der Waals surface area contributed by atoms with Gasteiger partial charge in [0.15, 0.2) is 0 Å². The average Bonchev–Trinajstić information content (AvgIpc) is 2.37. The van der Waals surface area contributed by atoms with E-state index in [9.17, 15) is 4.79 Å². The Bertz CT molecular complexity index is 215. The predicted molar refractivity (Wildman–Crippen MR) is 53.2 cm³/mol. The third kappa shape index (κ3) is 2.38. The maximum Gasteiger partial charge on any atom is 0.407 e. The third-order valence-electron chi connectivity index (χ3n) is 2.96. The largest absolute Gasteiger partial charge is 0.465 e. The first-order chi connectivity index (χ1) is 6.47. The number of carboxylic acid groups (broad SMARTS) is 1. The highest BCUT2D eigenvalue weighted by Gasteiger charge is 2.40. The maximum atomic E-state index is 10.9. The lowest BCUT2D eigenvalue weighted by Gasteiger charge is -2.28. The van der Waals surface area contributed by atoms with Crippen LogP contribution in [0.1, 0.15) is 33.1 Å².